The normalized spacial score (nSPS) is 13.4. The van der Waals surface area contributed by atoms with Gasteiger partial charge < -0.3 is 4.74 Å². The second-order valence-corrected chi connectivity index (χ2v) is 5.53. The predicted molar refractivity (Wildman–Crippen MR) is 69.4 cm³/mol. The predicted octanol–water partition coefficient (Wildman–Crippen LogP) is 4.12. The minimum atomic E-state index is -4.69. The summed E-state index contributed by atoms with van der Waals surface area (Å²) in [5.41, 5.74) is 0.769. The highest BCUT2D eigenvalue weighted by Crippen LogP contribution is 2.23. The van der Waals surface area contributed by atoms with Crippen molar-refractivity contribution in [3.05, 3.63) is 29.8 Å². The number of ketones is 1. The third kappa shape index (κ3) is 5.63. The first-order valence-corrected chi connectivity index (χ1v) is 6.63. The molecule has 1 aromatic rings. The standard InChI is InChI=1S/C13H14BrF3O2/c1-8(2)12(18)11(14)7-9-3-5-10(6-4-9)19-13(15,16)17/h3-6,8,11H,7H2,1-2H3. The molecule has 106 valence electrons. The molecule has 1 rings (SSSR count). The van der Waals surface area contributed by atoms with Crippen LogP contribution in [0.25, 0.3) is 0 Å². The molecule has 19 heavy (non-hydrogen) atoms. The average molecular weight is 339 g/mol. The smallest absolute Gasteiger partial charge is 0.406 e. The van der Waals surface area contributed by atoms with Crippen LogP contribution in [-0.4, -0.2) is 17.0 Å². The summed E-state index contributed by atoms with van der Waals surface area (Å²) in [6.45, 7) is 3.60. The van der Waals surface area contributed by atoms with Gasteiger partial charge in [0.25, 0.3) is 0 Å². The van der Waals surface area contributed by atoms with Gasteiger partial charge in [0.1, 0.15) is 11.5 Å². The Morgan fingerprint density at radius 3 is 2.21 bits per heavy atom. The van der Waals surface area contributed by atoms with Gasteiger partial charge in [-0.2, -0.15) is 0 Å². The summed E-state index contributed by atoms with van der Waals surface area (Å²) in [6, 6.07) is 5.51. The minimum absolute atomic E-state index is 0.0654. The summed E-state index contributed by atoms with van der Waals surface area (Å²) < 4.78 is 39.7. The van der Waals surface area contributed by atoms with Crippen molar-refractivity contribution in [1.82, 2.24) is 0 Å². The van der Waals surface area contributed by atoms with Crippen molar-refractivity contribution in [2.24, 2.45) is 5.92 Å². The van der Waals surface area contributed by atoms with Crippen LogP contribution >= 0.6 is 15.9 Å². The van der Waals surface area contributed by atoms with E-state index in [0.29, 0.717) is 6.42 Å². The van der Waals surface area contributed by atoms with Gasteiger partial charge in [-0.15, -0.1) is 13.2 Å². The van der Waals surface area contributed by atoms with E-state index in [9.17, 15) is 18.0 Å². The van der Waals surface area contributed by atoms with Crippen LogP contribution < -0.4 is 4.74 Å². The lowest BCUT2D eigenvalue weighted by atomic mass is 10.0. The van der Waals surface area contributed by atoms with E-state index in [2.05, 4.69) is 20.7 Å². The topological polar surface area (TPSA) is 26.3 Å². The van der Waals surface area contributed by atoms with E-state index in [0.717, 1.165) is 5.56 Å². The Hall–Kier alpha value is -1.04. The maximum atomic E-state index is 12.0. The second kappa shape index (κ2) is 6.41. The SMILES string of the molecule is CC(C)C(=O)C(Br)Cc1ccc(OC(F)(F)F)cc1. The maximum Gasteiger partial charge on any atom is 0.573 e. The number of carbonyl (C=O) groups is 1. The van der Waals surface area contributed by atoms with Gasteiger partial charge in [0.2, 0.25) is 0 Å². The second-order valence-electron chi connectivity index (χ2n) is 4.42. The average Bonchev–Trinajstić information content (AvgIpc) is 2.28. The fourth-order valence-corrected chi connectivity index (χ4v) is 2.40. The molecule has 0 heterocycles. The van der Waals surface area contributed by atoms with Gasteiger partial charge in [-0.25, -0.2) is 0 Å². The Balaban J connectivity index is 2.65. The Bertz CT molecular complexity index is 427. The first kappa shape index (κ1) is 16.0. The minimum Gasteiger partial charge on any atom is -0.406 e. The molecular formula is C13H14BrF3O2. The van der Waals surface area contributed by atoms with E-state index in [1.807, 2.05) is 0 Å². The molecule has 0 radical (unpaired) electrons. The van der Waals surface area contributed by atoms with Crippen LogP contribution in [0.15, 0.2) is 24.3 Å². The van der Waals surface area contributed by atoms with E-state index in [1.54, 1.807) is 13.8 Å². The molecule has 0 aliphatic rings. The van der Waals surface area contributed by atoms with E-state index in [4.69, 9.17) is 0 Å². The number of alkyl halides is 4. The number of benzene rings is 1. The zero-order chi connectivity index (χ0) is 14.6. The molecule has 0 amide bonds. The van der Waals surface area contributed by atoms with Crippen LogP contribution in [-0.2, 0) is 11.2 Å². The van der Waals surface area contributed by atoms with Crippen molar-refractivity contribution in [1.29, 1.82) is 0 Å². The molecule has 0 saturated carbocycles. The molecule has 1 atom stereocenters. The zero-order valence-electron chi connectivity index (χ0n) is 10.5. The third-order valence-corrected chi connectivity index (χ3v) is 3.22. The van der Waals surface area contributed by atoms with Gasteiger partial charge in [-0.05, 0) is 24.1 Å². The van der Waals surface area contributed by atoms with Crippen molar-refractivity contribution in [2.75, 3.05) is 0 Å². The van der Waals surface area contributed by atoms with Gasteiger partial charge in [0.15, 0.2) is 0 Å². The van der Waals surface area contributed by atoms with Gasteiger partial charge in [-0.3, -0.25) is 4.79 Å². The molecule has 2 nitrogen and oxygen atoms in total. The highest BCUT2D eigenvalue weighted by Gasteiger charge is 2.31. The molecule has 0 spiro atoms. The van der Waals surface area contributed by atoms with Crippen molar-refractivity contribution >= 4 is 21.7 Å². The van der Waals surface area contributed by atoms with Crippen molar-refractivity contribution in [3.8, 4) is 5.75 Å². The van der Waals surface area contributed by atoms with Crippen molar-refractivity contribution in [3.63, 3.8) is 0 Å². The molecule has 0 aromatic heterocycles. The fraction of sp³-hybridized carbons (Fsp3) is 0.462. The quantitative estimate of drug-likeness (QED) is 0.755. The molecule has 0 fully saturated rings. The van der Waals surface area contributed by atoms with Crippen LogP contribution in [0.4, 0.5) is 13.2 Å². The van der Waals surface area contributed by atoms with E-state index in [1.165, 1.54) is 24.3 Å². The summed E-state index contributed by atoms with van der Waals surface area (Å²) in [7, 11) is 0. The fourth-order valence-electron chi connectivity index (χ4n) is 1.50. The Labute approximate surface area is 118 Å². The highest BCUT2D eigenvalue weighted by molar-refractivity contribution is 9.10. The first-order valence-electron chi connectivity index (χ1n) is 5.71. The third-order valence-electron chi connectivity index (χ3n) is 2.45. The molecule has 0 saturated heterocycles. The summed E-state index contributed by atoms with van der Waals surface area (Å²) in [4.78, 5) is 11.3. The van der Waals surface area contributed by atoms with Crippen molar-refractivity contribution in [2.45, 2.75) is 31.5 Å². The largest absolute Gasteiger partial charge is 0.573 e. The summed E-state index contributed by atoms with van der Waals surface area (Å²) >= 11 is 3.29. The number of carbonyl (C=O) groups excluding carboxylic acids is 1. The van der Waals surface area contributed by atoms with E-state index < -0.39 is 6.36 Å². The van der Waals surface area contributed by atoms with Crippen LogP contribution in [0.3, 0.4) is 0 Å². The number of halogens is 4. The molecule has 6 heteroatoms. The monoisotopic (exact) mass is 338 g/mol. The number of hydrogen-bond acceptors (Lipinski definition) is 2. The number of ether oxygens (including phenoxy) is 1. The highest BCUT2D eigenvalue weighted by atomic mass is 79.9. The van der Waals surface area contributed by atoms with Gasteiger partial charge in [0, 0.05) is 5.92 Å². The maximum absolute atomic E-state index is 12.0. The van der Waals surface area contributed by atoms with E-state index in [-0.39, 0.29) is 22.3 Å². The lowest BCUT2D eigenvalue weighted by molar-refractivity contribution is -0.274. The van der Waals surface area contributed by atoms with Crippen LogP contribution in [0, 0.1) is 5.92 Å². The number of rotatable bonds is 5. The van der Waals surface area contributed by atoms with Crippen LogP contribution in [0.2, 0.25) is 0 Å². The van der Waals surface area contributed by atoms with Crippen LogP contribution in [0.5, 0.6) is 5.75 Å². The first-order chi connectivity index (χ1) is 8.69. The zero-order valence-corrected chi connectivity index (χ0v) is 12.1. The Kier molecular flexibility index (Phi) is 5.40. The lowest BCUT2D eigenvalue weighted by Gasteiger charge is -2.12. The van der Waals surface area contributed by atoms with E-state index >= 15 is 0 Å². The summed E-state index contributed by atoms with van der Waals surface area (Å²) in [5.74, 6) is -0.287. The number of Topliss-reactive ketones (excluding diaryl/α,β-unsaturated/α-hetero) is 1. The molecule has 0 N–H and O–H groups in total. The lowest BCUT2D eigenvalue weighted by Crippen LogP contribution is -2.21. The molecular weight excluding hydrogens is 325 g/mol. The Morgan fingerprint density at radius 2 is 1.79 bits per heavy atom. The van der Waals surface area contributed by atoms with Gasteiger partial charge >= 0.3 is 6.36 Å². The molecule has 1 aromatic carbocycles. The number of hydrogen-bond donors (Lipinski definition) is 0. The van der Waals surface area contributed by atoms with Crippen LogP contribution in [0.1, 0.15) is 19.4 Å². The van der Waals surface area contributed by atoms with Gasteiger partial charge in [0.05, 0.1) is 4.83 Å². The molecule has 0 aliphatic heterocycles. The Morgan fingerprint density at radius 1 is 1.26 bits per heavy atom. The van der Waals surface area contributed by atoms with Crippen molar-refractivity contribution < 1.29 is 22.7 Å². The molecule has 0 aliphatic carbocycles. The summed E-state index contributed by atoms with van der Waals surface area (Å²) in [5, 5.41) is 0. The summed E-state index contributed by atoms with van der Waals surface area (Å²) in [6.07, 6.45) is -4.25. The molecule has 1 unspecified atom stereocenters. The van der Waals surface area contributed by atoms with Gasteiger partial charge in [-0.1, -0.05) is 41.9 Å². The molecule has 0 bridgehead atoms.